The lowest BCUT2D eigenvalue weighted by Crippen LogP contribution is -2.34. The molecule has 3 heterocycles. The van der Waals surface area contributed by atoms with Gasteiger partial charge in [0, 0.05) is 30.9 Å². The van der Waals surface area contributed by atoms with E-state index in [9.17, 15) is 9.65 Å². The minimum Gasteiger partial charge on any atom is -0.357 e. The molecule has 132 valence electrons. The fourth-order valence-electron chi connectivity index (χ4n) is 3.18. The van der Waals surface area contributed by atoms with Crippen molar-refractivity contribution in [3.8, 4) is 12.1 Å². The molecule has 0 saturated heterocycles. The van der Waals surface area contributed by atoms with Crippen LogP contribution < -0.4 is 5.32 Å². The molecule has 1 atom stereocenters. The van der Waals surface area contributed by atoms with Crippen molar-refractivity contribution in [2.75, 3.05) is 18.4 Å². The van der Waals surface area contributed by atoms with E-state index in [0.29, 0.717) is 24.3 Å². The van der Waals surface area contributed by atoms with Gasteiger partial charge in [0.2, 0.25) is 5.95 Å². The van der Waals surface area contributed by atoms with Crippen LogP contribution in [0.25, 0.3) is 0 Å². The van der Waals surface area contributed by atoms with Crippen molar-refractivity contribution in [3.63, 3.8) is 0 Å². The molecule has 3 rings (SSSR count). The Hall–Kier alpha value is -2.74. The predicted octanol–water partition coefficient (Wildman–Crippen LogP) is 3.20. The summed E-state index contributed by atoms with van der Waals surface area (Å²) < 4.78 is 13.1. The van der Waals surface area contributed by atoms with Crippen LogP contribution in [0.4, 0.5) is 10.2 Å². The van der Waals surface area contributed by atoms with Crippen LogP contribution in [0.3, 0.4) is 0 Å². The van der Waals surface area contributed by atoms with Crippen molar-refractivity contribution in [1.82, 2.24) is 14.9 Å². The zero-order chi connectivity index (χ0) is 18.7. The maximum atomic E-state index is 13.1. The Bertz CT molecular complexity index is 900. The topological polar surface area (TPSA) is 88.6 Å². The Balaban J connectivity index is 1.94. The van der Waals surface area contributed by atoms with E-state index in [1.54, 1.807) is 6.07 Å². The van der Waals surface area contributed by atoms with Crippen molar-refractivity contribution in [2.24, 2.45) is 0 Å². The summed E-state index contributed by atoms with van der Waals surface area (Å²) in [6, 6.07) is 7.23. The van der Waals surface area contributed by atoms with Gasteiger partial charge in [0.15, 0.2) is 0 Å². The molecule has 6 nitrogen and oxygen atoms in total. The summed E-state index contributed by atoms with van der Waals surface area (Å²) in [4.78, 5) is 10.2. The van der Waals surface area contributed by atoms with E-state index in [2.05, 4.69) is 26.3 Å². The lowest BCUT2D eigenvalue weighted by atomic mass is 9.94. The molecule has 1 aliphatic heterocycles. The zero-order valence-electron chi connectivity index (χ0n) is 14.1. The third kappa shape index (κ3) is 3.45. The number of hydrogen-bond donors (Lipinski definition) is 1. The minimum atomic E-state index is -0.509. The molecule has 0 saturated carbocycles. The van der Waals surface area contributed by atoms with Crippen LogP contribution in [0.2, 0.25) is 5.15 Å². The van der Waals surface area contributed by atoms with Crippen LogP contribution in [-0.4, -0.2) is 28.0 Å². The first-order valence-corrected chi connectivity index (χ1v) is 8.50. The van der Waals surface area contributed by atoms with Crippen LogP contribution in [0, 0.1) is 28.6 Å². The van der Waals surface area contributed by atoms with Gasteiger partial charge in [-0.3, -0.25) is 4.90 Å². The standard InChI is InChI=1S/C18H16ClFN6/c1-11(12-2-3-16(20)24-9-12)26-7-4-13-14(8-22)17(19)25-18(15(13)10-26)23-6-5-21/h2-3,9,11H,4,6-7,10H2,1H3,(H,23,25). The van der Waals surface area contributed by atoms with Crippen molar-refractivity contribution in [2.45, 2.75) is 25.9 Å². The quantitative estimate of drug-likeness (QED) is 0.656. The van der Waals surface area contributed by atoms with Gasteiger partial charge in [0.1, 0.15) is 23.6 Å². The second-order valence-electron chi connectivity index (χ2n) is 6.02. The Labute approximate surface area is 155 Å². The summed E-state index contributed by atoms with van der Waals surface area (Å²) in [6.45, 7) is 3.38. The molecule has 2 aromatic heterocycles. The summed E-state index contributed by atoms with van der Waals surface area (Å²) in [6.07, 6.45) is 2.17. The predicted molar refractivity (Wildman–Crippen MR) is 94.8 cm³/mol. The van der Waals surface area contributed by atoms with Gasteiger partial charge in [-0.2, -0.15) is 14.9 Å². The van der Waals surface area contributed by atoms with Crippen molar-refractivity contribution in [3.05, 3.63) is 51.7 Å². The Kier molecular flexibility index (Phi) is 5.32. The van der Waals surface area contributed by atoms with E-state index in [-0.39, 0.29) is 17.7 Å². The number of anilines is 1. The highest BCUT2D eigenvalue weighted by Gasteiger charge is 2.28. The second kappa shape index (κ2) is 7.65. The molecule has 0 aromatic carbocycles. The fraction of sp³-hybridized carbons (Fsp3) is 0.333. The van der Waals surface area contributed by atoms with Gasteiger partial charge in [0.25, 0.3) is 0 Å². The first-order valence-electron chi connectivity index (χ1n) is 8.12. The minimum absolute atomic E-state index is 0.0151. The molecule has 1 aliphatic rings. The van der Waals surface area contributed by atoms with Gasteiger partial charge in [-0.25, -0.2) is 9.97 Å². The lowest BCUT2D eigenvalue weighted by Gasteiger charge is -2.35. The van der Waals surface area contributed by atoms with Crippen molar-refractivity contribution < 1.29 is 4.39 Å². The van der Waals surface area contributed by atoms with Crippen LogP contribution in [0.1, 0.15) is 35.2 Å². The van der Waals surface area contributed by atoms with E-state index in [4.69, 9.17) is 16.9 Å². The maximum absolute atomic E-state index is 13.1. The Morgan fingerprint density at radius 2 is 2.19 bits per heavy atom. The smallest absolute Gasteiger partial charge is 0.212 e. The summed E-state index contributed by atoms with van der Waals surface area (Å²) in [5.74, 6) is 0.0186. The molecule has 2 aromatic rings. The van der Waals surface area contributed by atoms with Crippen molar-refractivity contribution >= 4 is 17.4 Å². The molecular formula is C18H16ClFN6. The molecular weight excluding hydrogens is 355 g/mol. The van der Waals surface area contributed by atoms with E-state index in [1.165, 1.54) is 12.3 Å². The van der Waals surface area contributed by atoms with Gasteiger partial charge < -0.3 is 5.32 Å². The molecule has 8 heteroatoms. The van der Waals surface area contributed by atoms with Gasteiger partial charge in [0.05, 0.1) is 11.6 Å². The fourth-order valence-corrected chi connectivity index (χ4v) is 3.42. The van der Waals surface area contributed by atoms with Crippen LogP contribution in [0.15, 0.2) is 18.3 Å². The molecule has 1 unspecified atom stereocenters. The van der Waals surface area contributed by atoms with Gasteiger partial charge in [-0.15, -0.1) is 0 Å². The number of nitrogens with one attached hydrogen (secondary N) is 1. The number of fused-ring (bicyclic) bond motifs is 1. The van der Waals surface area contributed by atoms with E-state index in [1.807, 2.05) is 13.0 Å². The first-order chi connectivity index (χ1) is 12.5. The third-order valence-electron chi connectivity index (χ3n) is 4.61. The summed E-state index contributed by atoms with van der Waals surface area (Å²) >= 11 is 6.14. The first kappa shape index (κ1) is 18.1. The Morgan fingerprint density at radius 3 is 2.85 bits per heavy atom. The highest BCUT2D eigenvalue weighted by atomic mass is 35.5. The van der Waals surface area contributed by atoms with E-state index < -0.39 is 5.95 Å². The molecule has 0 fully saturated rings. The molecule has 1 N–H and O–H groups in total. The third-order valence-corrected chi connectivity index (χ3v) is 4.88. The Morgan fingerprint density at radius 1 is 1.38 bits per heavy atom. The second-order valence-corrected chi connectivity index (χ2v) is 6.38. The van der Waals surface area contributed by atoms with Crippen LogP contribution in [0.5, 0.6) is 0 Å². The molecule has 26 heavy (non-hydrogen) atoms. The number of nitriles is 2. The zero-order valence-corrected chi connectivity index (χ0v) is 14.9. The van der Waals surface area contributed by atoms with Gasteiger partial charge in [-0.1, -0.05) is 17.7 Å². The highest BCUT2D eigenvalue weighted by Crippen LogP contribution is 2.34. The van der Waals surface area contributed by atoms with Crippen LogP contribution in [-0.2, 0) is 13.0 Å². The summed E-state index contributed by atoms with van der Waals surface area (Å²) in [5, 5.41) is 21.4. The average Bonchev–Trinajstić information content (AvgIpc) is 2.66. The van der Waals surface area contributed by atoms with Crippen molar-refractivity contribution in [1.29, 1.82) is 10.5 Å². The molecule has 0 amide bonds. The number of aromatic nitrogens is 2. The highest BCUT2D eigenvalue weighted by molar-refractivity contribution is 6.30. The number of nitrogens with zero attached hydrogens (tertiary/aromatic N) is 5. The SMILES string of the molecule is CC(c1ccc(F)nc1)N1CCc2c(C#N)c(Cl)nc(NCC#N)c2C1. The molecule has 0 spiro atoms. The number of rotatable bonds is 4. The van der Waals surface area contributed by atoms with Gasteiger partial charge in [-0.05, 0) is 30.5 Å². The number of halogens is 2. The number of pyridine rings is 2. The van der Waals surface area contributed by atoms with Gasteiger partial charge >= 0.3 is 0 Å². The molecule has 0 aliphatic carbocycles. The average molecular weight is 371 g/mol. The normalized spacial score (nSPS) is 14.8. The van der Waals surface area contributed by atoms with Crippen LogP contribution >= 0.6 is 11.6 Å². The monoisotopic (exact) mass is 370 g/mol. The number of hydrogen-bond acceptors (Lipinski definition) is 6. The summed E-state index contributed by atoms with van der Waals surface area (Å²) in [5.41, 5.74) is 3.03. The largest absolute Gasteiger partial charge is 0.357 e. The maximum Gasteiger partial charge on any atom is 0.212 e. The summed E-state index contributed by atoms with van der Waals surface area (Å²) in [7, 11) is 0. The molecule has 0 radical (unpaired) electrons. The molecule has 0 bridgehead atoms. The van der Waals surface area contributed by atoms with E-state index >= 15 is 0 Å². The van der Waals surface area contributed by atoms with E-state index in [0.717, 1.165) is 23.2 Å². The lowest BCUT2D eigenvalue weighted by molar-refractivity contribution is 0.192.